The molecule has 0 aliphatic carbocycles. The molecule has 0 unspecified atom stereocenters. The summed E-state index contributed by atoms with van der Waals surface area (Å²) in [6.45, 7) is 23.4. The number of rotatable bonds is 18. The monoisotopic (exact) mass is 621 g/mol. The minimum Gasteiger partial charge on any atom is -0.323 e. The van der Waals surface area contributed by atoms with Crippen LogP contribution in [0.2, 0.25) is 0 Å². The quantitative estimate of drug-likeness (QED) is 0.0677. The summed E-state index contributed by atoms with van der Waals surface area (Å²) in [5, 5.41) is 23.7. The van der Waals surface area contributed by atoms with Crippen molar-refractivity contribution in [3.63, 3.8) is 0 Å². The van der Waals surface area contributed by atoms with E-state index in [2.05, 4.69) is 58.3 Å². The first-order valence-electron chi connectivity index (χ1n) is 16.3. The molecule has 44 heavy (non-hydrogen) atoms. The zero-order chi connectivity index (χ0) is 34.8. The van der Waals surface area contributed by atoms with E-state index in [0.717, 1.165) is 92.1 Å². The summed E-state index contributed by atoms with van der Waals surface area (Å²) in [5.41, 5.74) is 6.41. The van der Waals surface area contributed by atoms with Crippen molar-refractivity contribution in [2.24, 2.45) is 42.3 Å². The number of ketones is 2. The summed E-state index contributed by atoms with van der Waals surface area (Å²) >= 11 is 0. The number of Topliss-reactive ketones (excluding diaryl/α,β-unsaturated/α-hetero) is 2. The molecule has 10 nitrogen and oxygen atoms in total. The highest BCUT2D eigenvalue weighted by Crippen LogP contribution is 2.06. The molecule has 0 atom stereocenters. The minimum absolute atomic E-state index is 0.243. The number of carbonyl (C=O) groups excluding carboxylic acids is 2. The SMILES string of the molecule is CC(=O)CCCCCC(C)=O.CC/C(C)=N/N.CC/C(C)=N/N.CC/C(C)=N/N=C(\C)CCCCC/C(C)=N/N=C(\C)CC. The van der Waals surface area contributed by atoms with Crippen molar-refractivity contribution < 1.29 is 9.59 Å². The van der Waals surface area contributed by atoms with Gasteiger partial charge in [0.25, 0.3) is 0 Å². The van der Waals surface area contributed by atoms with E-state index in [1.54, 1.807) is 13.8 Å². The first-order chi connectivity index (χ1) is 20.7. The maximum atomic E-state index is 10.5. The van der Waals surface area contributed by atoms with Gasteiger partial charge in [-0.1, -0.05) is 40.5 Å². The summed E-state index contributed by atoms with van der Waals surface area (Å²) in [6.07, 6.45) is 13.6. The Morgan fingerprint density at radius 3 is 0.841 bits per heavy atom. The zero-order valence-corrected chi connectivity index (χ0v) is 30.6. The van der Waals surface area contributed by atoms with Crippen LogP contribution in [0.15, 0.2) is 30.6 Å². The molecule has 0 fully saturated rings. The molecule has 0 bridgehead atoms. The number of nitrogens with zero attached hydrogens (tertiary/aromatic N) is 6. The van der Waals surface area contributed by atoms with Crippen LogP contribution in [0.3, 0.4) is 0 Å². The molecule has 10 heteroatoms. The van der Waals surface area contributed by atoms with Crippen molar-refractivity contribution in [1.82, 2.24) is 0 Å². The third-order valence-electron chi connectivity index (χ3n) is 6.41. The fourth-order valence-electron chi connectivity index (χ4n) is 2.63. The van der Waals surface area contributed by atoms with E-state index in [0.29, 0.717) is 12.8 Å². The first-order valence-corrected chi connectivity index (χ1v) is 16.3. The number of hydrogen-bond donors (Lipinski definition) is 2. The Labute approximate surface area is 270 Å². The van der Waals surface area contributed by atoms with E-state index < -0.39 is 0 Å². The van der Waals surface area contributed by atoms with Crippen LogP contribution in [0.1, 0.15) is 173 Å². The lowest BCUT2D eigenvalue weighted by molar-refractivity contribution is -0.117. The Kier molecular flexibility index (Phi) is 39.3. The van der Waals surface area contributed by atoms with E-state index in [4.69, 9.17) is 11.7 Å². The Bertz CT molecular complexity index is 844. The summed E-state index contributed by atoms with van der Waals surface area (Å²) in [4.78, 5) is 20.9. The molecule has 0 aromatic carbocycles. The summed E-state index contributed by atoms with van der Waals surface area (Å²) in [6, 6.07) is 0. The van der Waals surface area contributed by atoms with E-state index in [-0.39, 0.29) is 11.6 Å². The average molecular weight is 621 g/mol. The molecule has 0 heterocycles. The summed E-state index contributed by atoms with van der Waals surface area (Å²) in [7, 11) is 0. The van der Waals surface area contributed by atoms with Gasteiger partial charge in [-0.05, 0) is 120 Å². The second-order valence-electron chi connectivity index (χ2n) is 11.0. The molecule has 0 amide bonds. The molecule has 256 valence electrons. The van der Waals surface area contributed by atoms with Gasteiger partial charge in [0.1, 0.15) is 11.6 Å². The van der Waals surface area contributed by atoms with Crippen molar-refractivity contribution in [2.45, 2.75) is 173 Å². The van der Waals surface area contributed by atoms with Gasteiger partial charge in [-0.3, -0.25) is 0 Å². The van der Waals surface area contributed by atoms with Gasteiger partial charge in [-0.15, -0.1) is 0 Å². The Morgan fingerprint density at radius 2 is 0.636 bits per heavy atom. The molecule has 0 aromatic rings. The van der Waals surface area contributed by atoms with Gasteiger partial charge >= 0.3 is 0 Å². The van der Waals surface area contributed by atoms with Gasteiger partial charge in [0.2, 0.25) is 0 Å². The zero-order valence-electron chi connectivity index (χ0n) is 30.6. The van der Waals surface area contributed by atoms with Crippen molar-refractivity contribution in [3.05, 3.63) is 0 Å². The molecule has 0 saturated carbocycles. The topological polar surface area (TPSA) is 160 Å². The number of unbranched alkanes of at least 4 members (excludes halogenated alkanes) is 4. The van der Waals surface area contributed by atoms with Crippen LogP contribution < -0.4 is 11.7 Å². The van der Waals surface area contributed by atoms with E-state index in [1.165, 1.54) is 19.3 Å². The fraction of sp³-hybridized carbons (Fsp3) is 0.765. The number of nitrogens with two attached hydrogens (primary N) is 2. The van der Waals surface area contributed by atoms with E-state index in [1.807, 2.05) is 41.5 Å². The Hall–Kier alpha value is -3.04. The van der Waals surface area contributed by atoms with Gasteiger partial charge in [0.15, 0.2) is 0 Å². The predicted octanol–water partition coefficient (Wildman–Crippen LogP) is 9.01. The lowest BCUT2D eigenvalue weighted by atomic mass is 10.1. The second-order valence-corrected chi connectivity index (χ2v) is 11.0. The largest absolute Gasteiger partial charge is 0.323 e. The van der Waals surface area contributed by atoms with Crippen LogP contribution in [0.25, 0.3) is 0 Å². The molecule has 0 aromatic heterocycles. The molecule has 0 spiro atoms. The molecule has 0 saturated heterocycles. The Balaban J connectivity index is -0.000000287. The molecule has 0 rings (SSSR count). The normalized spacial score (nSPS) is 12.7. The lowest BCUT2D eigenvalue weighted by Crippen LogP contribution is -1.95. The minimum atomic E-state index is 0.243. The lowest BCUT2D eigenvalue weighted by Gasteiger charge is -2.01. The van der Waals surface area contributed by atoms with Crippen LogP contribution in [0.5, 0.6) is 0 Å². The number of hydrazone groups is 2. The van der Waals surface area contributed by atoms with Crippen LogP contribution in [0.4, 0.5) is 0 Å². The standard InChI is InChI=1S/C17H32N4.C9H16O2.2C4H10N2/c1-7-14(3)18-20-16(5)12-10-9-11-13-17(6)21-19-15(4)8-2;1-8(10)6-4-3-5-7-9(2)11;2*1-3-4(2)6-5/h7-13H2,1-6H3;3-7H2,1-2H3;2*3,5H2,1-2H3/b18-14+,19-15+,20-16+,21-17+;;2*6-4+. The molecule has 0 aliphatic heterocycles. The highest BCUT2D eigenvalue weighted by molar-refractivity contribution is 5.86. The molecule has 4 N–H and O–H groups in total. The second kappa shape index (κ2) is 36.2. The van der Waals surface area contributed by atoms with Gasteiger partial charge in [-0.25, -0.2) is 0 Å². The van der Waals surface area contributed by atoms with Crippen molar-refractivity contribution in [1.29, 1.82) is 0 Å². The maximum Gasteiger partial charge on any atom is 0.129 e. The van der Waals surface area contributed by atoms with Gasteiger partial charge in [0.05, 0.1) is 0 Å². The van der Waals surface area contributed by atoms with E-state index >= 15 is 0 Å². The third-order valence-corrected chi connectivity index (χ3v) is 6.41. The van der Waals surface area contributed by atoms with Gasteiger partial charge in [-0.2, -0.15) is 30.6 Å². The van der Waals surface area contributed by atoms with E-state index in [9.17, 15) is 9.59 Å². The van der Waals surface area contributed by atoms with Gasteiger partial charge < -0.3 is 21.3 Å². The summed E-state index contributed by atoms with van der Waals surface area (Å²) < 4.78 is 0. The van der Waals surface area contributed by atoms with Crippen LogP contribution >= 0.6 is 0 Å². The van der Waals surface area contributed by atoms with Gasteiger partial charge in [0, 0.05) is 47.1 Å². The van der Waals surface area contributed by atoms with Crippen LogP contribution in [0, 0.1) is 0 Å². The van der Waals surface area contributed by atoms with Crippen molar-refractivity contribution >= 4 is 45.8 Å². The smallest absolute Gasteiger partial charge is 0.129 e. The number of carbonyl (C=O) groups is 2. The van der Waals surface area contributed by atoms with Crippen molar-refractivity contribution in [3.8, 4) is 0 Å². The maximum absolute atomic E-state index is 10.5. The molecule has 0 aliphatic rings. The van der Waals surface area contributed by atoms with Crippen LogP contribution in [-0.4, -0.2) is 45.8 Å². The predicted molar refractivity (Wildman–Crippen MR) is 196 cm³/mol. The highest BCUT2D eigenvalue weighted by Gasteiger charge is 1.97. The average Bonchev–Trinajstić information content (AvgIpc) is 3.01. The first kappa shape index (κ1) is 47.9. The fourth-order valence-corrected chi connectivity index (χ4v) is 2.63. The van der Waals surface area contributed by atoms with Crippen LogP contribution in [-0.2, 0) is 9.59 Å². The van der Waals surface area contributed by atoms with Crippen molar-refractivity contribution in [2.75, 3.05) is 0 Å². The molecular weight excluding hydrogens is 552 g/mol. The Morgan fingerprint density at radius 1 is 0.386 bits per heavy atom. The highest BCUT2D eigenvalue weighted by atomic mass is 16.1. The summed E-state index contributed by atoms with van der Waals surface area (Å²) in [5.74, 6) is 10.2. The number of hydrogen-bond acceptors (Lipinski definition) is 10. The molecular formula is C34H68N8O2. The molecule has 0 radical (unpaired) electrons. The third kappa shape index (κ3) is 45.9.